The average Bonchev–Trinajstić information content (AvgIpc) is 2.16. The highest BCUT2D eigenvalue weighted by molar-refractivity contribution is 5.78. The second kappa shape index (κ2) is 4.94. The van der Waals surface area contributed by atoms with E-state index >= 15 is 0 Å². The Morgan fingerprint density at radius 3 is 2.87 bits per heavy atom. The first-order chi connectivity index (χ1) is 7.31. The lowest BCUT2D eigenvalue weighted by molar-refractivity contribution is -0.155. The van der Waals surface area contributed by atoms with Crippen molar-refractivity contribution in [3.05, 3.63) is 0 Å². The van der Waals surface area contributed by atoms with Gasteiger partial charge in [-0.25, -0.2) is 0 Å². The van der Waals surface area contributed by atoms with Crippen molar-refractivity contribution < 1.29 is 9.53 Å². The van der Waals surface area contributed by atoms with Crippen molar-refractivity contribution in [2.75, 3.05) is 19.7 Å². The van der Waals surface area contributed by atoms with Crippen LogP contribution in [0.4, 0.5) is 0 Å². The lowest BCUT2D eigenvalue weighted by Gasteiger charge is -2.42. The highest BCUT2D eigenvalue weighted by Crippen LogP contribution is 2.27. The normalized spacial score (nSPS) is 27.9. The smallest absolute Gasteiger partial charge is 0.248 e. The summed E-state index contributed by atoms with van der Waals surface area (Å²) < 4.78 is 5.49. The van der Waals surface area contributed by atoms with Gasteiger partial charge in [0.1, 0.15) is 6.61 Å². The average molecular weight is 212 g/mol. The molecule has 0 aromatic rings. The van der Waals surface area contributed by atoms with Gasteiger partial charge in [0.25, 0.3) is 0 Å². The molecule has 4 nitrogen and oxygen atoms in total. The fourth-order valence-corrected chi connectivity index (χ4v) is 2.22. The molecule has 0 aromatic heterocycles. The fraction of sp³-hybridized carbons (Fsp3) is 0.909. The summed E-state index contributed by atoms with van der Waals surface area (Å²) in [4.78, 5) is 13.6. The summed E-state index contributed by atoms with van der Waals surface area (Å²) in [6, 6.07) is 0.502. The number of carbonyl (C=O) groups excluding carboxylic acids is 1. The standard InChI is InChI=1S/C11H20N2O2/c12-6-2-5-10-7-13(9-3-1-4-9)11(14)8-15-10/h9-10H,1-8,12H2. The van der Waals surface area contributed by atoms with E-state index < -0.39 is 0 Å². The number of carbonyl (C=O) groups is 1. The van der Waals surface area contributed by atoms with Gasteiger partial charge in [-0.05, 0) is 38.6 Å². The molecule has 1 aliphatic carbocycles. The van der Waals surface area contributed by atoms with Crippen molar-refractivity contribution in [1.82, 2.24) is 4.90 Å². The van der Waals surface area contributed by atoms with E-state index in [0.717, 1.165) is 19.4 Å². The second-order valence-electron chi connectivity index (χ2n) is 4.49. The van der Waals surface area contributed by atoms with Crippen molar-refractivity contribution in [1.29, 1.82) is 0 Å². The van der Waals surface area contributed by atoms with Crippen LogP contribution < -0.4 is 5.73 Å². The summed E-state index contributed by atoms with van der Waals surface area (Å²) in [5.74, 6) is 0.170. The minimum absolute atomic E-state index is 0.170. The molecule has 0 radical (unpaired) electrons. The van der Waals surface area contributed by atoms with Crippen LogP contribution in [-0.4, -0.2) is 42.6 Å². The zero-order chi connectivity index (χ0) is 10.7. The molecule has 1 saturated heterocycles. The van der Waals surface area contributed by atoms with E-state index in [1.54, 1.807) is 0 Å². The monoisotopic (exact) mass is 212 g/mol. The maximum absolute atomic E-state index is 11.6. The van der Waals surface area contributed by atoms with Crippen LogP contribution in [0.15, 0.2) is 0 Å². The molecule has 1 heterocycles. The molecule has 2 fully saturated rings. The Morgan fingerprint density at radius 1 is 1.47 bits per heavy atom. The summed E-state index contributed by atoms with van der Waals surface area (Å²) in [6.07, 6.45) is 5.80. The largest absolute Gasteiger partial charge is 0.367 e. The maximum Gasteiger partial charge on any atom is 0.248 e. The lowest BCUT2D eigenvalue weighted by Crippen LogP contribution is -2.53. The van der Waals surface area contributed by atoms with Crippen LogP contribution in [0.3, 0.4) is 0 Å². The summed E-state index contributed by atoms with van der Waals surface area (Å²) in [7, 11) is 0. The number of amides is 1. The van der Waals surface area contributed by atoms with Gasteiger partial charge in [0.2, 0.25) is 5.91 Å². The summed E-state index contributed by atoms with van der Waals surface area (Å²) >= 11 is 0. The van der Waals surface area contributed by atoms with Crippen LogP contribution in [0, 0.1) is 0 Å². The third kappa shape index (κ3) is 2.49. The molecule has 1 unspecified atom stereocenters. The van der Waals surface area contributed by atoms with Crippen molar-refractivity contribution in [2.24, 2.45) is 5.73 Å². The summed E-state index contributed by atoms with van der Waals surface area (Å²) in [5, 5.41) is 0. The zero-order valence-corrected chi connectivity index (χ0v) is 9.15. The van der Waals surface area contributed by atoms with Gasteiger partial charge in [-0.1, -0.05) is 0 Å². The van der Waals surface area contributed by atoms with Crippen molar-refractivity contribution >= 4 is 5.91 Å². The van der Waals surface area contributed by atoms with E-state index in [-0.39, 0.29) is 18.6 Å². The Bertz CT molecular complexity index is 229. The number of hydrogen-bond acceptors (Lipinski definition) is 3. The van der Waals surface area contributed by atoms with E-state index in [4.69, 9.17) is 10.5 Å². The van der Waals surface area contributed by atoms with Gasteiger partial charge in [-0.15, -0.1) is 0 Å². The molecule has 2 rings (SSSR count). The highest BCUT2D eigenvalue weighted by Gasteiger charge is 2.33. The Morgan fingerprint density at radius 2 is 2.27 bits per heavy atom. The quantitative estimate of drug-likeness (QED) is 0.738. The van der Waals surface area contributed by atoms with Crippen LogP contribution >= 0.6 is 0 Å². The molecule has 1 aliphatic heterocycles. The Kier molecular flexibility index (Phi) is 3.59. The molecule has 0 spiro atoms. The number of ether oxygens (including phenoxy) is 1. The number of rotatable bonds is 4. The Labute approximate surface area is 90.8 Å². The van der Waals surface area contributed by atoms with E-state index in [2.05, 4.69) is 0 Å². The zero-order valence-electron chi connectivity index (χ0n) is 9.15. The second-order valence-corrected chi connectivity index (χ2v) is 4.49. The molecule has 1 amide bonds. The predicted molar refractivity (Wildman–Crippen MR) is 57.4 cm³/mol. The molecule has 0 bridgehead atoms. The lowest BCUT2D eigenvalue weighted by atomic mass is 9.90. The van der Waals surface area contributed by atoms with Crippen LogP contribution in [0.25, 0.3) is 0 Å². The van der Waals surface area contributed by atoms with Crippen LogP contribution in [0.1, 0.15) is 32.1 Å². The molecule has 15 heavy (non-hydrogen) atoms. The minimum atomic E-state index is 0.170. The molecular weight excluding hydrogens is 192 g/mol. The van der Waals surface area contributed by atoms with E-state index in [9.17, 15) is 4.79 Å². The van der Waals surface area contributed by atoms with E-state index in [1.165, 1.54) is 19.3 Å². The topological polar surface area (TPSA) is 55.6 Å². The van der Waals surface area contributed by atoms with E-state index in [1.807, 2.05) is 4.90 Å². The first-order valence-electron chi connectivity index (χ1n) is 5.92. The van der Waals surface area contributed by atoms with Gasteiger partial charge in [0.15, 0.2) is 0 Å². The Hall–Kier alpha value is -0.610. The third-order valence-corrected chi connectivity index (χ3v) is 3.41. The van der Waals surface area contributed by atoms with Gasteiger partial charge in [-0.2, -0.15) is 0 Å². The summed E-state index contributed by atoms with van der Waals surface area (Å²) in [5.41, 5.74) is 5.47. The van der Waals surface area contributed by atoms with Crippen molar-refractivity contribution in [2.45, 2.75) is 44.2 Å². The number of hydrogen-bond donors (Lipinski definition) is 1. The predicted octanol–water partition coefficient (Wildman–Crippen LogP) is 0.505. The van der Waals surface area contributed by atoms with Gasteiger partial charge >= 0.3 is 0 Å². The van der Waals surface area contributed by atoms with Crippen molar-refractivity contribution in [3.8, 4) is 0 Å². The molecule has 4 heteroatoms. The van der Waals surface area contributed by atoms with Gasteiger partial charge < -0.3 is 15.4 Å². The molecule has 1 atom stereocenters. The molecule has 2 N–H and O–H groups in total. The maximum atomic E-state index is 11.6. The van der Waals surface area contributed by atoms with Crippen LogP contribution in [-0.2, 0) is 9.53 Å². The Balaban J connectivity index is 1.83. The highest BCUT2D eigenvalue weighted by atomic mass is 16.5. The van der Waals surface area contributed by atoms with E-state index in [0.29, 0.717) is 12.6 Å². The number of morpholine rings is 1. The summed E-state index contributed by atoms with van der Waals surface area (Å²) in [6.45, 7) is 1.76. The van der Waals surface area contributed by atoms with Crippen LogP contribution in [0.2, 0.25) is 0 Å². The molecular formula is C11H20N2O2. The molecule has 86 valence electrons. The molecule has 2 aliphatic rings. The van der Waals surface area contributed by atoms with Gasteiger partial charge in [0.05, 0.1) is 6.10 Å². The number of nitrogens with zero attached hydrogens (tertiary/aromatic N) is 1. The first kappa shape index (κ1) is 10.9. The van der Waals surface area contributed by atoms with Gasteiger partial charge in [-0.3, -0.25) is 4.79 Å². The SMILES string of the molecule is NCCCC1CN(C2CCC2)C(=O)CO1. The van der Waals surface area contributed by atoms with Crippen LogP contribution in [0.5, 0.6) is 0 Å². The molecule has 0 aromatic carbocycles. The first-order valence-corrected chi connectivity index (χ1v) is 5.92. The van der Waals surface area contributed by atoms with Gasteiger partial charge in [0, 0.05) is 12.6 Å². The number of nitrogens with two attached hydrogens (primary N) is 1. The molecule has 1 saturated carbocycles. The van der Waals surface area contributed by atoms with Crippen molar-refractivity contribution in [3.63, 3.8) is 0 Å². The fourth-order valence-electron chi connectivity index (χ4n) is 2.22. The third-order valence-electron chi connectivity index (χ3n) is 3.41. The minimum Gasteiger partial charge on any atom is -0.367 e.